The fourth-order valence-electron chi connectivity index (χ4n) is 7.82. The molecule has 0 aliphatic carbocycles. The molecule has 4 aliphatic rings. The third-order valence-corrected chi connectivity index (χ3v) is 10.2. The van der Waals surface area contributed by atoms with Crippen LogP contribution in [0.25, 0.3) is 16.9 Å². The molecular formula is C37H42FN7O5. The van der Waals surface area contributed by atoms with Gasteiger partial charge in [-0.2, -0.15) is 0 Å². The summed E-state index contributed by atoms with van der Waals surface area (Å²) in [7, 11) is 0. The van der Waals surface area contributed by atoms with Crippen LogP contribution in [0.2, 0.25) is 0 Å². The number of benzene rings is 1. The van der Waals surface area contributed by atoms with Gasteiger partial charge in [-0.3, -0.25) is 19.0 Å². The second-order valence-electron chi connectivity index (χ2n) is 14.4. The number of carbonyl (C=O) groups is 2. The highest BCUT2D eigenvalue weighted by Crippen LogP contribution is 2.46. The van der Waals surface area contributed by atoms with Crippen LogP contribution in [0.4, 0.5) is 20.7 Å². The summed E-state index contributed by atoms with van der Waals surface area (Å²) in [5, 5.41) is 3.43. The van der Waals surface area contributed by atoms with E-state index in [9.17, 15) is 14.0 Å². The molecule has 0 atom stereocenters. The van der Waals surface area contributed by atoms with Crippen LogP contribution in [0.3, 0.4) is 0 Å². The van der Waals surface area contributed by atoms with Crippen LogP contribution in [0.1, 0.15) is 60.8 Å². The van der Waals surface area contributed by atoms with E-state index in [-0.39, 0.29) is 12.1 Å². The van der Waals surface area contributed by atoms with Crippen LogP contribution in [0.15, 0.2) is 48.8 Å². The number of nitrogens with one attached hydrogen (secondary N) is 1. The van der Waals surface area contributed by atoms with E-state index in [1.807, 2.05) is 18.2 Å². The summed E-state index contributed by atoms with van der Waals surface area (Å²) in [6, 6.07) is 10.6. The topological polar surface area (TPSA) is 114 Å². The molecule has 4 aromatic rings. The van der Waals surface area contributed by atoms with Crippen molar-refractivity contribution < 1.29 is 28.2 Å². The zero-order valence-electron chi connectivity index (χ0n) is 28.7. The zero-order valence-corrected chi connectivity index (χ0v) is 28.7. The summed E-state index contributed by atoms with van der Waals surface area (Å²) in [5.74, 6) is -0.240. The highest BCUT2D eigenvalue weighted by atomic mass is 19.1. The summed E-state index contributed by atoms with van der Waals surface area (Å²) >= 11 is 0. The molecule has 0 saturated carbocycles. The van der Waals surface area contributed by atoms with Gasteiger partial charge >= 0.3 is 6.09 Å². The highest BCUT2D eigenvalue weighted by molar-refractivity contribution is 6.11. The maximum Gasteiger partial charge on any atom is 0.417 e. The van der Waals surface area contributed by atoms with Crippen LogP contribution >= 0.6 is 0 Å². The molecule has 1 aromatic carbocycles. The molecule has 50 heavy (non-hydrogen) atoms. The Balaban J connectivity index is 1.13. The van der Waals surface area contributed by atoms with E-state index in [0.29, 0.717) is 52.8 Å². The first-order valence-corrected chi connectivity index (χ1v) is 17.3. The first-order valence-electron chi connectivity index (χ1n) is 17.3. The second-order valence-corrected chi connectivity index (χ2v) is 14.4. The Morgan fingerprint density at radius 3 is 2.58 bits per heavy atom. The molecule has 1 N–H and O–H groups in total. The van der Waals surface area contributed by atoms with Gasteiger partial charge in [-0.15, -0.1) is 0 Å². The van der Waals surface area contributed by atoms with Gasteiger partial charge in [0.05, 0.1) is 54.1 Å². The lowest BCUT2D eigenvalue weighted by Gasteiger charge is -2.43. The van der Waals surface area contributed by atoms with Crippen LogP contribution < -0.4 is 5.32 Å². The van der Waals surface area contributed by atoms with Gasteiger partial charge in [0, 0.05) is 63.8 Å². The monoisotopic (exact) mass is 683 g/mol. The third-order valence-electron chi connectivity index (χ3n) is 10.2. The smallest absolute Gasteiger partial charge is 0.417 e. The number of nitrogens with zero attached hydrogens (tertiary/aromatic N) is 6. The normalized spacial score (nSPS) is 19.3. The fraction of sp³-hybridized carbons (Fsp3) is 0.459. The Bertz CT molecular complexity index is 1960. The first kappa shape index (κ1) is 32.8. The Morgan fingerprint density at radius 2 is 1.80 bits per heavy atom. The SMILES string of the molecule is CC(C)(C)OC(=O)N1Cc2c(-c3cnc4cc(F)ccn34)ccc(Nc3ccc4c(n3)CN(CCN3CCOCC3)C43CCOCC3)c2C1=O. The Labute approximate surface area is 290 Å². The first-order chi connectivity index (χ1) is 24.1. The molecule has 3 aromatic heterocycles. The van der Waals surface area contributed by atoms with Crippen molar-refractivity contribution in [3.63, 3.8) is 0 Å². The van der Waals surface area contributed by atoms with Crippen molar-refractivity contribution in [2.75, 3.05) is 57.9 Å². The number of ether oxygens (including phenoxy) is 3. The van der Waals surface area contributed by atoms with Crippen LogP contribution in [-0.2, 0) is 32.8 Å². The number of hydrogen-bond donors (Lipinski definition) is 1. The van der Waals surface area contributed by atoms with Crippen molar-refractivity contribution in [2.45, 2.75) is 57.8 Å². The minimum absolute atomic E-state index is 0.0165. The molecule has 7 heterocycles. The minimum Gasteiger partial charge on any atom is -0.443 e. The highest BCUT2D eigenvalue weighted by Gasteiger charge is 2.47. The number of anilines is 2. The Morgan fingerprint density at radius 1 is 1.02 bits per heavy atom. The predicted octanol–water partition coefficient (Wildman–Crippen LogP) is 5.32. The van der Waals surface area contributed by atoms with Gasteiger partial charge in [0.15, 0.2) is 0 Å². The number of hydrogen-bond acceptors (Lipinski definition) is 10. The molecule has 1 spiro atoms. The largest absolute Gasteiger partial charge is 0.443 e. The number of pyridine rings is 2. The molecule has 0 bridgehead atoms. The summed E-state index contributed by atoms with van der Waals surface area (Å²) in [4.78, 5) is 43.0. The van der Waals surface area contributed by atoms with Gasteiger partial charge in [-0.25, -0.2) is 24.1 Å². The van der Waals surface area contributed by atoms with Gasteiger partial charge in [-0.1, -0.05) is 12.1 Å². The molecule has 2 saturated heterocycles. The zero-order chi connectivity index (χ0) is 34.6. The molecule has 12 nitrogen and oxygen atoms in total. The van der Waals surface area contributed by atoms with Crippen molar-refractivity contribution >= 4 is 29.2 Å². The lowest BCUT2D eigenvalue weighted by Crippen LogP contribution is -2.49. The number of amides is 2. The number of aromatic nitrogens is 3. The maximum atomic E-state index is 14.1. The number of rotatable bonds is 6. The standard InChI is InChI=1S/C37H42FN7O5/c1-36(2,3)50-35(47)45-22-26-25(30-21-39-32-20-24(38)8-11-44(30)32)4-6-28(33(26)34(45)46)40-31-7-5-27-29(41-31)23-43(37(27)9-16-48-17-10-37)13-12-42-14-18-49-19-15-42/h4-8,11,20-21H,9-10,12-19,22-23H2,1-3H3,(H,40,41). The molecule has 4 aliphatic heterocycles. The van der Waals surface area contributed by atoms with Crippen molar-refractivity contribution in [3.8, 4) is 11.3 Å². The number of morpholine rings is 1. The number of imidazole rings is 1. The number of halogens is 1. The van der Waals surface area contributed by atoms with Crippen LogP contribution in [0.5, 0.6) is 0 Å². The van der Waals surface area contributed by atoms with Crippen LogP contribution in [-0.4, -0.2) is 99.3 Å². The van der Waals surface area contributed by atoms with Crippen LogP contribution in [0, 0.1) is 5.82 Å². The summed E-state index contributed by atoms with van der Waals surface area (Å²) in [6.07, 6.45) is 4.37. The Kier molecular flexibility index (Phi) is 8.33. The van der Waals surface area contributed by atoms with E-state index in [0.717, 1.165) is 69.4 Å². The molecule has 8 rings (SSSR count). The summed E-state index contributed by atoms with van der Waals surface area (Å²) in [6.45, 7) is 12.8. The second kappa shape index (κ2) is 12.7. The van der Waals surface area contributed by atoms with Crippen molar-refractivity contribution in [1.29, 1.82) is 0 Å². The van der Waals surface area contributed by atoms with Gasteiger partial charge in [0.2, 0.25) is 0 Å². The molecule has 0 unspecified atom stereocenters. The van der Waals surface area contributed by atoms with E-state index in [2.05, 4.69) is 26.2 Å². The summed E-state index contributed by atoms with van der Waals surface area (Å²) in [5.41, 5.74) is 4.73. The predicted molar refractivity (Wildman–Crippen MR) is 184 cm³/mol. The van der Waals surface area contributed by atoms with Crippen molar-refractivity contribution in [3.05, 3.63) is 77.0 Å². The van der Waals surface area contributed by atoms with Gasteiger partial charge < -0.3 is 19.5 Å². The molecule has 2 fully saturated rings. The molecular weight excluding hydrogens is 641 g/mol. The fourth-order valence-corrected chi connectivity index (χ4v) is 7.82. The average Bonchev–Trinajstić information content (AvgIpc) is 3.76. The van der Waals surface area contributed by atoms with E-state index in [4.69, 9.17) is 19.2 Å². The van der Waals surface area contributed by atoms with Gasteiger partial charge in [0.1, 0.15) is 22.9 Å². The quantitative estimate of drug-likeness (QED) is 0.287. The minimum atomic E-state index is -0.784. The van der Waals surface area contributed by atoms with E-state index < -0.39 is 23.4 Å². The molecule has 13 heteroatoms. The average molecular weight is 684 g/mol. The maximum absolute atomic E-state index is 14.1. The van der Waals surface area contributed by atoms with E-state index in [1.54, 1.807) is 37.6 Å². The lowest BCUT2D eigenvalue weighted by molar-refractivity contribution is -0.0327. The lowest BCUT2D eigenvalue weighted by atomic mass is 9.83. The molecule has 262 valence electrons. The van der Waals surface area contributed by atoms with E-state index >= 15 is 0 Å². The van der Waals surface area contributed by atoms with Gasteiger partial charge in [0.25, 0.3) is 5.91 Å². The number of fused-ring (bicyclic) bond motifs is 4. The number of carbonyl (C=O) groups excluding carboxylic acids is 2. The van der Waals surface area contributed by atoms with Crippen molar-refractivity contribution in [2.24, 2.45) is 0 Å². The molecule has 2 amide bonds. The summed E-state index contributed by atoms with van der Waals surface area (Å²) < 4.78 is 32.8. The molecule has 0 radical (unpaired) electrons. The van der Waals surface area contributed by atoms with Gasteiger partial charge in [-0.05, 0) is 62.9 Å². The third kappa shape index (κ3) is 5.91. The number of imide groups is 1. The Hall–Kier alpha value is -4.43. The van der Waals surface area contributed by atoms with Crippen molar-refractivity contribution in [1.82, 2.24) is 29.1 Å². The van der Waals surface area contributed by atoms with E-state index in [1.165, 1.54) is 17.7 Å².